The van der Waals surface area contributed by atoms with Gasteiger partial charge in [-0.2, -0.15) is 4.39 Å². The highest BCUT2D eigenvalue weighted by Gasteiger charge is 2.11. The van der Waals surface area contributed by atoms with Gasteiger partial charge in [0.25, 0.3) is 0 Å². The lowest BCUT2D eigenvalue weighted by molar-refractivity contribution is 0.439. The van der Waals surface area contributed by atoms with Crippen LogP contribution in [0.15, 0.2) is 11.3 Å². The summed E-state index contributed by atoms with van der Waals surface area (Å²) in [7, 11) is 0. The second-order valence-electron chi connectivity index (χ2n) is 4.67. The standard InChI is InChI=1S/C12H20FN5/c1-7(2)8(3)5-15-12-10(18-9(4)13)11(14)16-6-17-12/h6-8H,5H2,1-4H3,(H3,14,15,16,17)/b18-9+/t8-/m0/s1. The molecule has 0 bridgehead atoms. The van der Waals surface area contributed by atoms with Crippen LogP contribution in [0, 0.1) is 11.8 Å². The molecular formula is C12H20FN5. The molecule has 100 valence electrons. The highest BCUT2D eigenvalue weighted by Crippen LogP contribution is 2.28. The van der Waals surface area contributed by atoms with Gasteiger partial charge in [-0.3, -0.25) is 0 Å². The number of hydrogen-bond donors (Lipinski definition) is 2. The number of rotatable bonds is 5. The van der Waals surface area contributed by atoms with E-state index in [-0.39, 0.29) is 11.5 Å². The van der Waals surface area contributed by atoms with Crippen LogP contribution in [0.3, 0.4) is 0 Å². The zero-order valence-electron chi connectivity index (χ0n) is 11.2. The molecule has 6 heteroatoms. The van der Waals surface area contributed by atoms with Gasteiger partial charge in [0.2, 0.25) is 0 Å². The lowest BCUT2D eigenvalue weighted by Gasteiger charge is -2.17. The quantitative estimate of drug-likeness (QED) is 0.791. The average molecular weight is 253 g/mol. The third-order valence-corrected chi connectivity index (χ3v) is 2.85. The minimum absolute atomic E-state index is 0.168. The summed E-state index contributed by atoms with van der Waals surface area (Å²) in [6.45, 7) is 8.40. The maximum absolute atomic E-state index is 12.9. The maximum Gasteiger partial charge on any atom is 0.186 e. The van der Waals surface area contributed by atoms with E-state index in [1.807, 2.05) is 0 Å². The van der Waals surface area contributed by atoms with Crippen molar-refractivity contribution < 1.29 is 4.39 Å². The number of aromatic nitrogens is 2. The minimum atomic E-state index is -0.573. The smallest absolute Gasteiger partial charge is 0.186 e. The van der Waals surface area contributed by atoms with Crippen molar-refractivity contribution in [3.63, 3.8) is 0 Å². The number of anilines is 2. The fourth-order valence-corrected chi connectivity index (χ4v) is 1.28. The second kappa shape index (κ2) is 6.28. The molecule has 0 amide bonds. The van der Waals surface area contributed by atoms with Crippen LogP contribution in [0.25, 0.3) is 0 Å². The van der Waals surface area contributed by atoms with Gasteiger partial charge >= 0.3 is 0 Å². The molecular weight excluding hydrogens is 233 g/mol. The molecule has 1 aromatic rings. The molecule has 0 unspecified atom stereocenters. The third-order valence-electron chi connectivity index (χ3n) is 2.85. The van der Waals surface area contributed by atoms with Gasteiger partial charge in [-0.05, 0) is 11.8 Å². The summed E-state index contributed by atoms with van der Waals surface area (Å²) < 4.78 is 12.9. The zero-order chi connectivity index (χ0) is 13.7. The first-order chi connectivity index (χ1) is 8.41. The van der Waals surface area contributed by atoms with Gasteiger partial charge in [-0.1, -0.05) is 20.8 Å². The number of halogens is 1. The monoisotopic (exact) mass is 253 g/mol. The topological polar surface area (TPSA) is 76.2 Å². The molecule has 3 N–H and O–H groups in total. The Hall–Kier alpha value is -1.72. The van der Waals surface area contributed by atoms with Crippen molar-refractivity contribution in [2.75, 3.05) is 17.6 Å². The molecule has 1 rings (SSSR count). The average Bonchev–Trinajstić information content (AvgIpc) is 2.28. The number of nitrogens with two attached hydrogens (primary N) is 1. The van der Waals surface area contributed by atoms with E-state index in [9.17, 15) is 4.39 Å². The van der Waals surface area contributed by atoms with Crippen LogP contribution in [-0.4, -0.2) is 22.5 Å². The minimum Gasteiger partial charge on any atom is -0.382 e. The fourth-order valence-electron chi connectivity index (χ4n) is 1.28. The first-order valence-electron chi connectivity index (χ1n) is 5.97. The fraction of sp³-hybridized carbons (Fsp3) is 0.583. The molecule has 0 spiro atoms. The molecule has 0 fully saturated rings. The Balaban J connectivity index is 2.89. The highest BCUT2D eigenvalue weighted by atomic mass is 19.1. The van der Waals surface area contributed by atoms with Crippen molar-refractivity contribution in [3.05, 3.63) is 6.33 Å². The molecule has 0 radical (unpaired) electrons. The molecule has 0 aromatic carbocycles. The van der Waals surface area contributed by atoms with Crippen LogP contribution < -0.4 is 11.1 Å². The van der Waals surface area contributed by atoms with Crippen molar-refractivity contribution in [2.45, 2.75) is 27.7 Å². The molecule has 0 saturated carbocycles. The summed E-state index contributed by atoms with van der Waals surface area (Å²) in [6.07, 6.45) is 1.34. The second-order valence-corrected chi connectivity index (χ2v) is 4.67. The van der Waals surface area contributed by atoms with E-state index in [0.717, 1.165) is 6.54 Å². The van der Waals surface area contributed by atoms with Crippen LogP contribution in [0.1, 0.15) is 27.7 Å². The Morgan fingerprint density at radius 3 is 2.67 bits per heavy atom. The summed E-state index contributed by atoms with van der Waals surface area (Å²) >= 11 is 0. The summed E-state index contributed by atoms with van der Waals surface area (Å²) in [4.78, 5) is 11.6. The molecule has 18 heavy (non-hydrogen) atoms. The molecule has 0 aliphatic heterocycles. The maximum atomic E-state index is 12.9. The Morgan fingerprint density at radius 1 is 1.44 bits per heavy atom. The lowest BCUT2D eigenvalue weighted by atomic mass is 9.98. The van der Waals surface area contributed by atoms with Gasteiger partial charge in [-0.15, -0.1) is 0 Å². The first-order valence-corrected chi connectivity index (χ1v) is 5.97. The predicted molar refractivity (Wildman–Crippen MR) is 72.8 cm³/mol. The van der Waals surface area contributed by atoms with Gasteiger partial charge in [0.05, 0.1) is 0 Å². The predicted octanol–water partition coefficient (Wildman–Crippen LogP) is 2.78. The van der Waals surface area contributed by atoms with E-state index < -0.39 is 5.97 Å². The van der Waals surface area contributed by atoms with Crippen LogP contribution in [0.4, 0.5) is 21.7 Å². The van der Waals surface area contributed by atoms with Gasteiger partial charge in [0.1, 0.15) is 6.33 Å². The van der Waals surface area contributed by atoms with Gasteiger partial charge in [0.15, 0.2) is 23.3 Å². The van der Waals surface area contributed by atoms with Crippen molar-refractivity contribution in [1.82, 2.24) is 9.97 Å². The Morgan fingerprint density at radius 2 is 2.11 bits per heavy atom. The number of hydrogen-bond acceptors (Lipinski definition) is 5. The van der Waals surface area contributed by atoms with E-state index in [2.05, 4.69) is 41.0 Å². The molecule has 0 saturated heterocycles. The Kier molecular flexibility index (Phi) is 5.00. The number of aliphatic imine (C=N–C) groups is 1. The van der Waals surface area contributed by atoms with Crippen molar-refractivity contribution >= 4 is 23.3 Å². The molecule has 0 aliphatic carbocycles. The van der Waals surface area contributed by atoms with Gasteiger partial charge < -0.3 is 11.1 Å². The van der Waals surface area contributed by atoms with E-state index in [4.69, 9.17) is 5.73 Å². The summed E-state index contributed by atoms with van der Waals surface area (Å²) in [6, 6.07) is 0. The molecule has 5 nitrogen and oxygen atoms in total. The summed E-state index contributed by atoms with van der Waals surface area (Å²) in [5.74, 6) is 1.07. The van der Waals surface area contributed by atoms with E-state index in [1.165, 1.54) is 13.3 Å². The van der Waals surface area contributed by atoms with E-state index in [0.29, 0.717) is 17.7 Å². The SMILES string of the molecule is C/C(F)=N\c1c(N)ncnc1NC[C@H](C)C(C)C. The highest BCUT2D eigenvalue weighted by molar-refractivity contribution is 5.82. The normalized spacial score (nSPS) is 13.8. The van der Waals surface area contributed by atoms with Crippen molar-refractivity contribution in [3.8, 4) is 0 Å². The van der Waals surface area contributed by atoms with Crippen LogP contribution in [0.2, 0.25) is 0 Å². The Bertz CT molecular complexity index is 426. The largest absolute Gasteiger partial charge is 0.382 e. The number of nitrogen functional groups attached to an aromatic ring is 1. The molecule has 1 atom stereocenters. The molecule has 0 aliphatic rings. The zero-order valence-corrected chi connectivity index (χ0v) is 11.2. The third kappa shape index (κ3) is 3.94. The Labute approximate surface area is 107 Å². The van der Waals surface area contributed by atoms with Crippen molar-refractivity contribution in [2.24, 2.45) is 16.8 Å². The van der Waals surface area contributed by atoms with Crippen LogP contribution in [-0.2, 0) is 0 Å². The lowest BCUT2D eigenvalue weighted by Crippen LogP contribution is -2.17. The van der Waals surface area contributed by atoms with E-state index in [1.54, 1.807) is 0 Å². The summed E-state index contributed by atoms with van der Waals surface area (Å²) in [5.41, 5.74) is 5.93. The number of nitrogens with zero attached hydrogens (tertiary/aromatic N) is 3. The molecule has 1 aromatic heterocycles. The van der Waals surface area contributed by atoms with Gasteiger partial charge in [-0.25, -0.2) is 15.0 Å². The summed E-state index contributed by atoms with van der Waals surface area (Å²) in [5, 5.41) is 3.14. The van der Waals surface area contributed by atoms with Gasteiger partial charge in [0, 0.05) is 13.5 Å². The number of nitrogens with one attached hydrogen (secondary N) is 1. The van der Waals surface area contributed by atoms with Crippen LogP contribution >= 0.6 is 0 Å². The van der Waals surface area contributed by atoms with E-state index >= 15 is 0 Å². The first kappa shape index (κ1) is 14.3. The van der Waals surface area contributed by atoms with Crippen LogP contribution in [0.5, 0.6) is 0 Å². The van der Waals surface area contributed by atoms with Crippen molar-refractivity contribution in [1.29, 1.82) is 0 Å². The molecule has 1 heterocycles.